The van der Waals surface area contributed by atoms with Gasteiger partial charge in [-0.25, -0.2) is 9.59 Å². The third-order valence-electron chi connectivity index (χ3n) is 4.71. The number of ether oxygens (including phenoxy) is 3. The summed E-state index contributed by atoms with van der Waals surface area (Å²) in [6, 6.07) is 16.4. The molecule has 0 unspecified atom stereocenters. The molecule has 11 heteroatoms. The van der Waals surface area contributed by atoms with E-state index in [1.165, 1.54) is 12.2 Å². The fraction of sp³-hybridized carbons (Fsp3) is 0.214. The Labute approximate surface area is 225 Å². The van der Waals surface area contributed by atoms with Crippen LogP contribution in [0.3, 0.4) is 0 Å². The molecule has 2 N–H and O–H groups in total. The fourth-order valence-electron chi connectivity index (χ4n) is 2.98. The minimum Gasteiger partial charge on any atom is -0.462 e. The van der Waals surface area contributed by atoms with Gasteiger partial charge in [0.05, 0.1) is 13.2 Å². The van der Waals surface area contributed by atoms with Crippen molar-refractivity contribution in [2.45, 2.75) is 13.8 Å². The van der Waals surface area contributed by atoms with E-state index in [0.29, 0.717) is 22.5 Å². The van der Waals surface area contributed by atoms with Crippen molar-refractivity contribution in [1.29, 1.82) is 10.5 Å². The van der Waals surface area contributed by atoms with Gasteiger partial charge in [-0.1, -0.05) is 24.3 Å². The molecule has 0 bridgehead atoms. The van der Waals surface area contributed by atoms with E-state index in [2.05, 4.69) is 10.6 Å². The first-order chi connectivity index (χ1) is 18.8. The first kappa shape index (κ1) is 30.0. The summed E-state index contributed by atoms with van der Waals surface area (Å²) < 4.78 is 14.8. The molecule has 11 nitrogen and oxygen atoms in total. The van der Waals surface area contributed by atoms with Gasteiger partial charge in [0.25, 0.3) is 0 Å². The molecule has 0 fully saturated rings. The maximum atomic E-state index is 12.1. The zero-order valence-corrected chi connectivity index (χ0v) is 21.4. The van der Waals surface area contributed by atoms with Gasteiger partial charge >= 0.3 is 11.9 Å². The van der Waals surface area contributed by atoms with E-state index in [1.807, 2.05) is 0 Å². The Balaban J connectivity index is 1.81. The van der Waals surface area contributed by atoms with Crippen LogP contribution in [0.15, 0.2) is 59.7 Å². The van der Waals surface area contributed by atoms with Gasteiger partial charge in [0.15, 0.2) is 0 Å². The summed E-state index contributed by atoms with van der Waals surface area (Å²) in [5.41, 5.74) is 1.76. The topological polar surface area (TPSA) is 168 Å². The molecule has 0 saturated heterocycles. The molecule has 0 aliphatic rings. The van der Waals surface area contributed by atoms with E-state index in [1.54, 1.807) is 74.5 Å². The summed E-state index contributed by atoms with van der Waals surface area (Å²) in [7, 11) is 0. The molecular formula is C28H26N4O7. The number of nitriles is 2. The predicted octanol–water partition coefficient (Wildman–Crippen LogP) is 3.22. The highest BCUT2D eigenvalue weighted by Gasteiger charge is 2.11. The maximum absolute atomic E-state index is 12.1. The van der Waals surface area contributed by atoms with Crippen molar-refractivity contribution in [3.05, 3.63) is 70.8 Å². The zero-order chi connectivity index (χ0) is 28.6. The Morgan fingerprint density at radius 1 is 0.692 bits per heavy atom. The number of carbonyl (C=O) groups is 4. The van der Waals surface area contributed by atoms with E-state index in [-0.39, 0.29) is 37.6 Å². The van der Waals surface area contributed by atoms with E-state index in [0.717, 1.165) is 0 Å². The van der Waals surface area contributed by atoms with Crippen LogP contribution in [0.25, 0.3) is 12.2 Å². The smallest absolute Gasteiger partial charge is 0.348 e. The lowest BCUT2D eigenvalue weighted by Gasteiger charge is -2.08. The van der Waals surface area contributed by atoms with Crippen molar-refractivity contribution in [2.75, 3.05) is 37.1 Å². The van der Waals surface area contributed by atoms with Crippen molar-refractivity contribution in [3.8, 4) is 12.1 Å². The van der Waals surface area contributed by atoms with E-state index in [9.17, 15) is 19.2 Å². The summed E-state index contributed by atoms with van der Waals surface area (Å²) in [5.74, 6) is -2.40. The fourth-order valence-corrected chi connectivity index (χ4v) is 2.98. The first-order valence-electron chi connectivity index (χ1n) is 11.7. The zero-order valence-electron chi connectivity index (χ0n) is 21.4. The predicted molar refractivity (Wildman–Crippen MR) is 141 cm³/mol. The van der Waals surface area contributed by atoms with Crippen molar-refractivity contribution >= 4 is 47.3 Å². The maximum Gasteiger partial charge on any atom is 0.348 e. The Kier molecular flexibility index (Phi) is 12.1. The third kappa shape index (κ3) is 10.3. The van der Waals surface area contributed by atoms with Crippen LogP contribution < -0.4 is 10.6 Å². The lowest BCUT2D eigenvalue weighted by Crippen LogP contribution is -2.23. The second kappa shape index (κ2) is 15.8. The number of hydrogen-bond donors (Lipinski definition) is 2. The molecule has 2 amide bonds. The Bertz CT molecular complexity index is 1230. The molecule has 2 aromatic carbocycles. The molecule has 200 valence electrons. The normalized spacial score (nSPS) is 11.0. The van der Waals surface area contributed by atoms with Crippen LogP contribution in [0.5, 0.6) is 0 Å². The molecular weight excluding hydrogens is 504 g/mol. The quantitative estimate of drug-likeness (QED) is 0.238. The van der Waals surface area contributed by atoms with E-state index >= 15 is 0 Å². The monoisotopic (exact) mass is 530 g/mol. The van der Waals surface area contributed by atoms with Gasteiger partial charge in [0.2, 0.25) is 11.8 Å². The van der Waals surface area contributed by atoms with Crippen LogP contribution in [0.4, 0.5) is 11.4 Å². The Morgan fingerprint density at radius 3 is 1.36 bits per heavy atom. The summed E-state index contributed by atoms with van der Waals surface area (Å²) in [6.07, 6.45) is 2.76. The van der Waals surface area contributed by atoms with Crippen LogP contribution in [-0.2, 0) is 33.4 Å². The number of benzene rings is 2. The van der Waals surface area contributed by atoms with Crippen LogP contribution in [0.2, 0.25) is 0 Å². The summed E-state index contributed by atoms with van der Waals surface area (Å²) in [4.78, 5) is 47.6. The lowest BCUT2D eigenvalue weighted by atomic mass is 10.1. The van der Waals surface area contributed by atoms with Crippen LogP contribution in [0, 0.1) is 22.7 Å². The highest BCUT2D eigenvalue weighted by molar-refractivity contribution is 5.99. The second-order valence-corrected chi connectivity index (χ2v) is 7.61. The van der Waals surface area contributed by atoms with Gasteiger partial charge in [-0.15, -0.1) is 0 Å². The number of esters is 2. The molecule has 0 aromatic heterocycles. The Morgan fingerprint density at radius 2 is 1.05 bits per heavy atom. The van der Waals surface area contributed by atoms with E-state index < -0.39 is 23.8 Å². The van der Waals surface area contributed by atoms with Crippen molar-refractivity contribution in [1.82, 2.24) is 0 Å². The Hall–Kier alpha value is -5.26. The van der Waals surface area contributed by atoms with Crippen molar-refractivity contribution in [3.63, 3.8) is 0 Å². The number of anilines is 2. The molecule has 0 atom stereocenters. The molecule has 0 saturated carbocycles. The number of carbonyl (C=O) groups excluding carboxylic acids is 4. The number of nitrogens with one attached hydrogen (secondary N) is 2. The summed E-state index contributed by atoms with van der Waals surface area (Å²) >= 11 is 0. The summed E-state index contributed by atoms with van der Waals surface area (Å²) in [5, 5.41) is 23.4. The summed E-state index contributed by atoms with van der Waals surface area (Å²) in [6.45, 7) is 2.85. The largest absolute Gasteiger partial charge is 0.462 e. The molecule has 2 rings (SSSR count). The number of amides is 2. The minimum atomic E-state index is -0.715. The van der Waals surface area contributed by atoms with Crippen LogP contribution in [-0.4, -0.2) is 50.2 Å². The van der Waals surface area contributed by atoms with Crippen LogP contribution >= 0.6 is 0 Å². The van der Waals surface area contributed by atoms with Gasteiger partial charge in [-0.3, -0.25) is 9.59 Å². The van der Waals surface area contributed by atoms with Gasteiger partial charge < -0.3 is 24.8 Å². The van der Waals surface area contributed by atoms with Gasteiger partial charge in [-0.2, -0.15) is 10.5 Å². The highest BCUT2D eigenvalue weighted by Crippen LogP contribution is 2.15. The van der Waals surface area contributed by atoms with Crippen molar-refractivity contribution < 1.29 is 33.4 Å². The number of rotatable bonds is 12. The first-order valence-corrected chi connectivity index (χ1v) is 11.7. The molecule has 0 spiro atoms. The van der Waals surface area contributed by atoms with Gasteiger partial charge in [0.1, 0.15) is 36.5 Å². The molecule has 0 heterocycles. The third-order valence-corrected chi connectivity index (χ3v) is 4.71. The highest BCUT2D eigenvalue weighted by atomic mass is 16.5. The molecule has 0 radical (unpaired) electrons. The standard InChI is InChI=1S/C28H26N4O7/c1-3-38-27(35)21(15-29)13-19-5-9-23(10-6-19)31-25(33)17-37-18-26(34)32-24-11-7-20(8-12-24)14-22(16-30)28(36)39-4-2/h5-14H,3-4,17-18H2,1-2H3,(H,31,33)(H,32,34). The number of hydrogen-bond acceptors (Lipinski definition) is 9. The average Bonchev–Trinajstić information content (AvgIpc) is 2.92. The number of nitrogens with zero attached hydrogens (tertiary/aromatic N) is 2. The minimum absolute atomic E-state index is 0.143. The second-order valence-electron chi connectivity index (χ2n) is 7.61. The molecule has 0 aliphatic heterocycles. The van der Waals surface area contributed by atoms with Gasteiger partial charge in [-0.05, 0) is 61.4 Å². The van der Waals surface area contributed by atoms with Crippen LogP contribution in [0.1, 0.15) is 25.0 Å². The van der Waals surface area contributed by atoms with E-state index in [4.69, 9.17) is 24.7 Å². The molecule has 0 aliphatic carbocycles. The van der Waals surface area contributed by atoms with Gasteiger partial charge in [0, 0.05) is 11.4 Å². The average molecular weight is 531 g/mol. The molecule has 39 heavy (non-hydrogen) atoms. The molecule has 2 aromatic rings. The lowest BCUT2D eigenvalue weighted by molar-refractivity contribution is -0.138. The van der Waals surface area contributed by atoms with Crippen molar-refractivity contribution in [2.24, 2.45) is 0 Å². The SMILES string of the molecule is CCOC(=O)C(C#N)=Cc1ccc(NC(=O)COCC(=O)Nc2ccc(C=C(C#N)C(=O)OCC)cc2)cc1.